The van der Waals surface area contributed by atoms with Crippen molar-refractivity contribution in [3.63, 3.8) is 0 Å². The number of urea groups is 2. The number of hydrogen-bond acceptors (Lipinski definition) is 6. The molecule has 0 saturated carbocycles. The van der Waals surface area contributed by atoms with Crippen LogP contribution >= 0.6 is 31.9 Å². The van der Waals surface area contributed by atoms with E-state index in [-0.39, 0.29) is 30.2 Å². The van der Waals surface area contributed by atoms with Gasteiger partial charge in [-0.25, -0.2) is 9.59 Å². The second kappa shape index (κ2) is 14.3. The summed E-state index contributed by atoms with van der Waals surface area (Å²) < 4.78 is 0.981. The molecule has 2 saturated heterocycles. The summed E-state index contributed by atoms with van der Waals surface area (Å²) >= 11 is 6.74. The summed E-state index contributed by atoms with van der Waals surface area (Å²) in [5, 5.41) is 13.2. The van der Waals surface area contributed by atoms with Crippen LogP contribution in [0.2, 0.25) is 0 Å². The maximum Gasteiger partial charge on any atom is 0.319 e. The number of likely N-dealkylation sites (tertiary alicyclic amines) is 1. The Labute approximate surface area is 273 Å². The van der Waals surface area contributed by atoms with Gasteiger partial charge >= 0.3 is 12.1 Å². The number of para-hydroxylation sites is 1. The first kappa shape index (κ1) is 31.6. The number of primary amides is 1. The van der Waals surface area contributed by atoms with Gasteiger partial charge in [-0.15, -0.1) is 0 Å². The number of nitrogens with one attached hydrogen (secondary N) is 1. The standard InChI is InChI=1S/C31H35Br2N7O4/c32-25-18-21(19-26(33)28(25)41)20-27(29(42)38-16-14-37(15-17-38)22-6-10-35-11-7-22)36-31(44)39-12-8-24(9-13-39)40(30(34)43)23-4-2-1-3-5-23/h1-7,10-11,18-19,24,27,41H,8-9,12-17,20H2,(H2,34,43)(H,36,44)/t27-/m0/s1. The van der Waals surface area contributed by atoms with Gasteiger partial charge in [-0.3, -0.25) is 14.7 Å². The lowest BCUT2D eigenvalue weighted by molar-refractivity contribution is -0.133. The number of carbonyl (C=O) groups is 3. The van der Waals surface area contributed by atoms with Crippen LogP contribution in [-0.4, -0.2) is 89.2 Å². The third-order valence-electron chi connectivity index (χ3n) is 8.12. The fourth-order valence-corrected chi connectivity index (χ4v) is 7.09. The number of anilines is 2. The van der Waals surface area contributed by atoms with Crippen LogP contribution < -0.4 is 20.9 Å². The molecule has 232 valence electrons. The van der Waals surface area contributed by atoms with Crippen LogP contribution in [0.25, 0.3) is 0 Å². The zero-order valence-corrected chi connectivity index (χ0v) is 27.3. The fraction of sp³-hybridized carbons (Fsp3) is 0.355. The Hall–Kier alpha value is -3.84. The molecule has 2 aliphatic rings. The summed E-state index contributed by atoms with van der Waals surface area (Å²) in [6, 6.07) is 14.9. The number of aromatic hydroxyl groups is 1. The van der Waals surface area contributed by atoms with E-state index in [9.17, 15) is 19.5 Å². The van der Waals surface area contributed by atoms with E-state index in [1.165, 1.54) is 0 Å². The van der Waals surface area contributed by atoms with Crippen molar-refractivity contribution in [3.05, 3.63) is 81.5 Å². The Kier molecular flexibility index (Phi) is 10.3. The van der Waals surface area contributed by atoms with Crippen molar-refractivity contribution < 1.29 is 19.5 Å². The highest BCUT2D eigenvalue weighted by Crippen LogP contribution is 2.34. The molecule has 3 aromatic rings. The summed E-state index contributed by atoms with van der Waals surface area (Å²) in [5.74, 6) is -0.0943. The van der Waals surface area contributed by atoms with E-state index in [0.717, 1.165) is 16.9 Å². The molecule has 0 radical (unpaired) electrons. The average molecular weight is 729 g/mol. The summed E-state index contributed by atoms with van der Waals surface area (Å²) in [6.45, 7) is 3.19. The fourth-order valence-electron chi connectivity index (χ4n) is 5.81. The van der Waals surface area contributed by atoms with Crippen LogP contribution in [0.5, 0.6) is 5.75 Å². The molecular weight excluding hydrogens is 694 g/mol. The summed E-state index contributed by atoms with van der Waals surface area (Å²) in [6.07, 6.45) is 4.86. The number of pyridine rings is 1. The number of piperazine rings is 1. The predicted molar refractivity (Wildman–Crippen MR) is 176 cm³/mol. The van der Waals surface area contributed by atoms with E-state index < -0.39 is 12.1 Å². The Morgan fingerprint density at radius 1 is 0.932 bits per heavy atom. The molecule has 2 aromatic carbocycles. The lowest BCUT2D eigenvalue weighted by Gasteiger charge is -2.39. The van der Waals surface area contributed by atoms with Gasteiger partial charge in [0.25, 0.3) is 0 Å². The number of nitrogens with two attached hydrogens (primary N) is 1. The maximum atomic E-state index is 13.9. The van der Waals surface area contributed by atoms with Crippen molar-refractivity contribution in [2.24, 2.45) is 5.73 Å². The van der Waals surface area contributed by atoms with Crippen molar-refractivity contribution in [2.45, 2.75) is 31.3 Å². The van der Waals surface area contributed by atoms with Crippen molar-refractivity contribution in [1.29, 1.82) is 0 Å². The van der Waals surface area contributed by atoms with Crippen molar-refractivity contribution in [2.75, 3.05) is 49.1 Å². The molecule has 1 atom stereocenters. The number of amides is 5. The second-order valence-corrected chi connectivity index (χ2v) is 12.6. The number of benzene rings is 2. The van der Waals surface area contributed by atoms with E-state index in [0.29, 0.717) is 61.1 Å². The van der Waals surface area contributed by atoms with Crippen LogP contribution in [0.3, 0.4) is 0 Å². The normalized spacial score (nSPS) is 16.4. The van der Waals surface area contributed by atoms with Crippen LogP contribution in [0, 0.1) is 0 Å². The third kappa shape index (κ3) is 7.44. The SMILES string of the molecule is NC(=O)N(c1ccccc1)C1CCN(C(=O)N[C@@H](Cc2cc(Br)c(O)c(Br)c2)C(=O)N2CCN(c3ccncc3)CC2)CC1. The Morgan fingerprint density at radius 3 is 2.14 bits per heavy atom. The largest absolute Gasteiger partial charge is 0.506 e. The molecule has 2 aliphatic heterocycles. The molecule has 0 unspecified atom stereocenters. The number of rotatable bonds is 7. The molecule has 13 heteroatoms. The number of phenols is 1. The van der Waals surface area contributed by atoms with Gasteiger partial charge in [-0.05, 0) is 86.7 Å². The van der Waals surface area contributed by atoms with Gasteiger partial charge in [0.05, 0.1) is 8.95 Å². The number of piperidine rings is 1. The zero-order chi connectivity index (χ0) is 31.2. The molecule has 11 nitrogen and oxygen atoms in total. The molecule has 0 bridgehead atoms. The van der Waals surface area contributed by atoms with Gasteiger partial charge in [0.1, 0.15) is 11.8 Å². The van der Waals surface area contributed by atoms with Crippen LogP contribution in [-0.2, 0) is 11.2 Å². The lowest BCUT2D eigenvalue weighted by Crippen LogP contribution is -2.58. The minimum Gasteiger partial charge on any atom is -0.506 e. The molecule has 5 amide bonds. The summed E-state index contributed by atoms with van der Waals surface area (Å²) in [4.78, 5) is 51.1. The second-order valence-electron chi connectivity index (χ2n) is 10.9. The number of carbonyl (C=O) groups excluding carboxylic acids is 3. The minimum absolute atomic E-state index is 0.0660. The summed E-state index contributed by atoms with van der Waals surface area (Å²) in [5.41, 5.74) is 8.29. The molecule has 5 rings (SSSR count). The van der Waals surface area contributed by atoms with Gasteiger partial charge in [0.2, 0.25) is 5.91 Å². The third-order valence-corrected chi connectivity index (χ3v) is 9.33. The highest BCUT2D eigenvalue weighted by molar-refractivity contribution is 9.11. The van der Waals surface area contributed by atoms with E-state index >= 15 is 0 Å². The monoisotopic (exact) mass is 727 g/mol. The molecule has 44 heavy (non-hydrogen) atoms. The van der Waals surface area contributed by atoms with Gasteiger partial charge < -0.3 is 30.9 Å². The number of halogens is 2. The van der Waals surface area contributed by atoms with Gasteiger partial charge in [-0.1, -0.05) is 18.2 Å². The quantitative estimate of drug-likeness (QED) is 0.332. The Balaban J connectivity index is 1.26. The van der Waals surface area contributed by atoms with E-state index in [1.807, 2.05) is 42.5 Å². The van der Waals surface area contributed by atoms with Crippen molar-refractivity contribution in [3.8, 4) is 5.75 Å². The number of hydrogen-bond donors (Lipinski definition) is 3. The minimum atomic E-state index is -0.817. The smallest absolute Gasteiger partial charge is 0.319 e. The highest BCUT2D eigenvalue weighted by Gasteiger charge is 2.33. The predicted octanol–water partition coefficient (Wildman–Crippen LogP) is 4.33. The maximum absolute atomic E-state index is 13.9. The lowest BCUT2D eigenvalue weighted by atomic mass is 10.0. The van der Waals surface area contributed by atoms with Crippen molar-refractivity contribution in [1.82, 2.24) is 20.1 Å². The van der Waals surface area contributed by atoms with Crippen LogP contribution in [0.4, 0.5) is 21.0 Å². The molecule has 2 fully saturated rings. The Morgan fingerprint density at radius 2 is 1.55 bits per heavy atom. The van der Waals surface area contributed by atoms with E-state index in [1.54, 1.807) is 39.2 Å². The summed E-state index contributed by atoms with van der Waals surface area (Å²) in [7, 11) is 0. The number of phenolic OH excluding ortho intramolecular Hbond substituents is 1. The first-order valence-corrected chi connectivity index (χ1v) is 16.1. The topological polar surface area (TPSA) is 135 Å². The van der Waals surface area contributed by atoms with Gasteiger partial charge in [0.15, 0.2) is 0 Å². The van der Waals surface area contributed by atoms with Crippen LogP contribution in [0.15, 0.2) is 75.9 Å². The van der Waals surface area contributed by atoms with Crippen LogP contribution in [0.1, 0.15) is 18.4 Å². The molecule has 3 heterocycles. The highest BCUT2D eigenvalue weighted by atomic mass is 79.9. The zero-order valence-electron chi connectivity index (χ0n) is 24.1. The average Bonchev–Trinajstić information content (AvgIpc) is 3.04. The van der Waals surface area contributed by atoms with Crippen molar-refractivity contribution >= 4 is 61.2 Å². The molecule has 1 aromatic heterocycles. The first-order chi connectivity index (χ1) is 21.2. The first-order valence-electron chi connectivity index (χ1n) is 14.5. The molecule has 0 spiro atoms. The molecule has 0 aliphatic carbocycles. The van der Waals surface area contributed by atoms with Gasteiger partial charge in [0, 0.05) is 75.5 Å². The van der Waals surface area contributed by atoms with E-state index in [4.69, 9.17) is 5.73 Å². The number of nitrogens with zero attached hydrogens (tertiary/aromatic N) is 5. The molecule has 4 N–H and O–H groups in total. The number of aromatic nitrogens is 1. The van der Waals surface area contributed by atoms with Gasteiger partial charge in [-0.2, -0.15) is 0 Å². The van der Waals surface area contributed by atoms with E-state index in [2.05, 4.69) is 47.1 Å². The molecular formula is C31H35Br2N7O4. The Bertz CT molecular complexity index is 1440.